The first-order valence-corrected chi connectivity index (χ1v) is 7.58. The number of fused-ring (bicyclic) bond motifs is 1. The Bertz CT molecular complexity index is 743. The molecule has 0 spiro atoms. The maximum Gasteiger partial charge on any atom is 0.312 e. The highest BCUT2D eigenvalue weighted by atomic mass is 35.5. The second kappa shape index (κ2) is 5.65. The number of furan rings is 1. The van der Waals surface area contributed by atoms with Gasteiger partial charge in [0.15, 0.2) is 5.76 Å². The summed E-state index contributed by atoms with van der Waals surface area (Å²) in [5.74, 6) is -1.50. The van der Waals surface area contributed by atoms with E-state index in [9.17, 15) is 14.7 Å². The van der Waals surface area contributed by atoms with Crippen LogP contribution in [0.2, 0.25) is 5.02 Å². The first-order chi connectivity index (χ1) is 10.5. The number of carboxylic acids is 1. The van der Waals surface area contributed by atoms with Crippen molar-refractivity contribution in [3.63, 3.8) is 0 Å². The van der Waals surface area contributed by atoms with Gasteiger partial charge in [0.25, 0.3) is 0 Å². The van der Waals surface area contributed by atoms with Gasteiger partial charge >= 0.3 is 5.97 Å². The number of aryl methyl sites for hydroxylation is 1. The maximum atomic E-state index is 12.7. The molecule has 0 saturated heterocycles. The number of hydrogen-bond acceptors (Lipinski definition) is 3. The fourth-order valence-corrected chi connectivity index (χ4v) is 3.25. The Kier molecular flexibility index (Phi) is 3.83. The topological polar surface area (TPSA) is 72.4 Å². The zero-order chi connectivity index (χ0) is 15.9. The molecule has 2 aromatic rings. The summed E-state index contributed by atoms with van der Waals surface area (Å²) >= 11 is 5.81. The van der Waals surface area contributed by atoms with Crippen LogP contribution in [0, 0.1) is 6.92 Å². The van der Waals surface area contributed by atoms with Crippen molar-refractivity contribution < 1.29 is 19.1 Å². The molecule has 1 aliphatic rings. The molecule has 0 radical (unpaired) electrons. The standard InChI is InChI=1S/C16H16ClNO4/c1-9-6-12-11(16(20)21)4-2-3-5-18(12)14(9)15(19)13-7-10(17)8-22-13/h6-8,11H,2-5H2,1H3,(H,20,21). The molecule has 1 aliphatic heterocycles. The van der Waals surface area contributed by atoms with Crippen LogP contribution >= 0.6 is 11.6 Å². The van der Waals surface area contributed by atoms with Crippen LogP contribution in [0.1, 0.15) is 52.7 Å². The number of halogens is 1. The minimum absolute atomic E-state index is 0.171. The van der Waals surface area contributed by atoms with Crippen molar-refractivity contribution in [1.82, 2.24) is 4.57 Å². The third kappa shape index (κ3) is 2.46. The summed E-state index contributed by atoms with van der Waals surface area (Å²) in [6.07, 6.45) is 3.59. The molecular weight excluding hydrogens is 306 g/mol. The maximum absolute atomic E-state index is 12.7. The number of carboxylic acid groups (broad SMARTS) is 1. The number of ketones is 1. The van der Waals surface area contributed by atoms with Gasteiger partial charge in [-0.1, -0.05) is 18.0 Å². The zero-order valence-corrected chi connectivity index (χ0v) is 12.9. The van der Waals surface area contributed by atoms with E-state index in [1.807, 2.05) is 17.6 Å². The highest BCUT2D eigenvalue weighted by Crippen LogP contribution is 2.32. The van der Waals surface area contributed by atoms with Gasteiger partial charge in [0.1, 0.15) is 6.26 Å². The quantitative estimate of drug-likeness (QED) is 0.876. The van der Waals surface area contributed by atoms with Crippen LogP contribution in [-0.4, -0.2) is 21.4 Å². The Morgan fingerprint density at radius 2 is 2.14 bits per heavy atom. The average Bonchev–Trinajstić information content (AvgIpc) is 2.96. The lowest BCUT2D eigenvalue weighted by molar-refractivity contribution is -0.139. The Balaban J connectivity index is 2.10. The molecule has 0 amide bonds. The Labute approximate surface area is 132 Å². The van der Waals surface area contributed by atoms with E-state index >= 15 is 0 Å². The summed E-state index contributed by atoms with van der Waals surface area (Å²) in [6.45, 7) is 2.46. The summed E-state index contributed by atoms with van der Waals surface area (Å²) in [5, 5.41) is 9.80. The second-order valence-electron chi connectivity index (χ2n) is 5.60. The summed E-state index contributed by atoms with van der Waals surface area (Å²) in [6, 6.07) is 3.29. The molecular formula is C16H16ClNO4. The predicted molar refractivity (Wildman–Crippen MR) is 80.5 cm³/mol. The van der Waals surface area contributed by atoms with Gasteiger partial charge in [0, 0.05) is 18.3 Å². The third-order valence-corrected chi connectivity index (χ3v) is 4.30. The molecule has 0 bridgehead atoms. The Hall–Kier alpha value is -2.01. The van der Waals surface area contributed by atoms with Crippen LogP contribution in [-0.2, 0) is 11.3 Å². The molecule has 0 aromatic carbocycles. The molecule has 3 rings (SSSR count). The van der Waals surface area contributed by atoms with Crippen molar-refractivity contribution in [2.75, 3.05) is 0 Å². The first-order valence-electron chi connectivity index (χ1n) is 7.20. The largest absolute Gasteiger partial charge is 0.481 e. The molecule has 2 aromatic heterocycles. The summed E-state index contributed by atoms with van der Waals surface area (Å²) in [7, 11) is 0. The molecule has 0 fully saturated rings. The number of nitrogens with zero attached hydrogens (tertiary/aromatic N) is 1. The smallest absolute Gasteiger partial charge is 0.312 e. The number of carbonyl (C=O) groups is 2. The number of aliphatic carboxylic acids is 1. The van der Waals surface area contributed by atoms with Crippen molar-refractivity contribution in [1.29, 1.82) is 0 Å². The SMILES string of the molecule is Cc1cc2n(c1C(=O)c1cc(Cl)co1)CCCCC2C(=O)O. The molecule has 116 valence electrons. The van der Waals surface area contributed by atoms with Crippen molar-refractivity contribution in [3.05, 3.63) is 46.1 Å². The molecule has 1 N–H and O–H groups in total. The minimum Gasteiger partial charge on any atom is -0.481 e. The predicted octanol–water partition coefficient (Wildman–Crippen LogP) is 3.63. The van der Waals surface area contributed by atoms with Gasteiger partial charge in [-0.25, -0.2) is 0 Å². The monoisotopic (exact) mass is 321 g/mol. The van der Waals surface area contributed by atoms with E-state index < -0.39 is 11.9 Å². The van der Waals surface area contributed by atoms with Crippen LogP contribution in [0.3, 0.4) is 0 Å². The molecule has 5 nitrogen and oxygen atoms in total. The van der Waals surface area contributed by atoms with Gasteiger partial charge in [0.2, 0.25) is 5.78 Å². The molecule has 1 atom stereocenters. The summed E-state index contributed by atoms with van der Waals surface area (Å²) in [4.78, 5) is 24.2. The van der Waals surface area contributed by atoms with E-state index in [-0.39, 0.29) is 11.5 Å². The van der Waals surface area contributed by atoms with Crippen molar-refractivity contribution in [2.24, 2.45) is 0 Å². The number of aromatic nitrogens is 1. The fraction of sp³-hybridized carbons (Fsp3) is 0.375. The average molecular weight is 322 g/mol. The van der Waals surface area contributed by atoms with Gasteiger partial charge in [-0.3, -0.25) is 9.59 Å². The van der Waals surface area contributed by atoms with Crippen LogP contribution < -0.4 is 0 Å². The lowest BCUT2D eigenvalue weighted by atomic mass is 9.99. The molecule has 6 heteroatoms. The van der Waals surface area contributed by atoms with E-state index in [0.717, 1.165) is 18.4 Å². The van der Waals surface area contributed by atoms with Gasteiger partial charge in [0.05, 0.1) is 16.6 Å². The summed E-state index contributed by atoms with van der Waals surface area (Å²) in [5.41, 5.74) is 1.96. The number of rotatable bonds is 3. The lowest BCUT2D eigenvalue weighted by Crippen LogP contribution is -2.17. The van der Waals surface area contributed by atoms with Gasteiger partial charge in [-0.05, 0) is 31.4 Å². The number of carbonyl (C=O) groups excluding carboxylic acids is 1. The molecule has 1 unspecified atom stereocenters. The van der Waals surface area contributed by atoms with Crippen LogP contribution in [0.15, 0.2) is 22.8 Å². The van der Waals surface area contributed by atoms with Gasteiger partial charge in [-0.2, -0.15) is 0 Å². The van der Waals surface area contributed by atoms with Crippen molar-refractivity contribution in [3.8, 4) is 0 Å². The molecule has 3 heterocycles. The van der Waals surface area contributed by atoms with E-state index in [0.29, 0.717) is 29.4 Å². The fourth-order valence-electron chi connectivity index (χ4n) is 3.11. The summed E-state index contributed by atoms with van der Waals surface area (Å²) < 4.78 is 7.02. The van der Waals surface area contributed by atoms with Gasteiger partial charge in [-0.15, -0.1) is 0 Å². The first kappa shape index (κ1) is 14.9. The minimum atomic E-state index is -0.847. The van der Waals surface area contributed by atoms with Crippen molar-refractivity contribution >= 4 is 23.4 Å². The van der Waals surface area contributed by atoms with E-state index in [4.69, 9.17) is 16.0 Å². The second-order valence-corrected chi connectivity index (χ2v) is 6.03. The molecule has 22 heavy (non-hydrogen) atoms. The normalized spacial score (nSPS) is 17.8. The van der Waals surface area contributed by atoms with E-state index in [1.54, 1.807) is 0 Å². The lowest BCUT2D eigenvalue weighted by Gasteiger charge is -2.13. The Morgan fingerprint density at radius 1 is 1.36 bits per heavy atom. The zero-order valence-electron chi connectivity index (χ0n) is 12.1. The highest BCUT2D eigenvalue weighted by molar-refractivity contribution is 6.31. The highest BCUT2D eigenvalue weighted by Gasteiger charge is 2.30. The van der Waals surface area contributed by atoms with E-state index in [1.165, 1.54) is 12.3 Å². The van der Waals surface area contributed by atoms with Crippen LogP contribution in [0.25, 0.3) is 0 Å². The molecule has 0 aliphatic carbocycles. The third-order valence-electron chi connectivity index (χ3n) is 4.11. The van der Waals surface area contributed by atoms with Gasteiger partial charge < -0.3 is 14.1 Å². The van der Waals surface area contributed by atoms with Crippen LogP contribution in [0.5, 0.6) is 0 Å². The number of hydrogen-bond donors (Lipinski definition) is 1. The van der Waals surface area contributed by atoms with Crippen LogP contribution in [0.4, 0.5) is 0 Å². The molecule has 0 saturated carbocycles. The Morgan fingerprint density at radius 3 is 2.77 bits per heavy atom. The van der Waals surface area contributed by atoms with E-state index in [2.05, 4.69) is 0 Å². The van der Waals surface area contributed by atoms with Crippen molar-refractivity contribution in [2.45, 2.75) is 38.6 Å².